The summed E-state index contributed by atoms with van der Waals surface area (Å²) < 4.78 is 0. The maximum absolute atomic E-state index is 10.0. The van der Waals surface area contributed by atoms with E-state index in [1.165, 1.54) is 16.8 Å². The Morgan fingerprint density at radius 2 is 1.76 bits per heavy atom. The number of piperazine rings is 1. The quantitative estimate of drug-likeness (QED) is 0.795. The molecule has 4 nitrogen and oxygen atoms in total. The van der Waals surface area contributed by atoms with Crippen molar-refractivity contribution in [1.82, 2.24) is 9.88 Å². The third-order valence-electron chi connectivity index (χ3n) is 5.06. The molecular weight excluding hydrogens is 310 g/mol. The first-order chi connectivity index (χ1) is 12.2. The molecule has 2 heterocycles. The van der Waals surface area contributed by atoms with E-state index >= 15 is 0 Å². The molecule has 1 aliphatic heterocycles. The van der Waals surface area contributed by atoms with Gasteiger partial charge in [0, 0.05) is 50.0 Å². The van der Waals surface area contributed by atoms with Crippen LogP contribution in [0.15, 0.2) is 54.7 Å². The molecule has 128 valence electrons. The third kappa shape index (κ3) is 3.17. The number of anilines is 1. The van der Waals surface area contributed by atoms with Crippen LogP contribution in [0, 0.1) is 6.92 Å². The maximum Gasteiger partial charge on any atom is 0.141 e. The van der Waals surface area contributed by atoms with Gasteiger partial charge in [0.1, 0.15) is 11.3 Å². The molecule has 25 heavy (non-hydrogen) atoms. The smallest absolute Gasteiger partial charge is 0.141 e. The van der Waals surface area contributed by atoms with Gasteiger partial charge in [0.15, 0.2) is 0 Å². The topological polar surface area (TPSA) is 39.6 Å². The van der Waals surface area contributed by atoms with E-state index in [1.807, 2.05) is 18.2 Å². The molecule has 0 unspecified atom stereocenters. The Morgan fingerprint density at radius 3 is 2.56 bits per heavy atom. The van der Waals surface area contributed by atoms with Gasteiger partial charge < -0.3 is 10.0 Å². The summed E-state index contributed by atoms with van der Waals surface area (Å²) in [6.45, 7) is 7.23. The molecular formula is C21H23N3O. The number of fused-ring (bicyclic) bond motifs is 1. The zero-order chi connectivity index (χ0) is 17.2. The SMILES string of the molecule is Cc1ccccc1N1CCN(Cc2ccc(O)c3ncccc23)CC1. The molecule has 3 aromatic rings. The minimum Gasteiger partial charge on any atom is -0.506 e. The van der Waals surface area contributed by atoms with Crippen LogP contribution in [0.25, 0.3) is 10.9 Å². The number of aromatic hydroxyl groups is 1. The molecule has 1 aromatic heterocycles. The minimum atomic E-state index is 0.253. The molecule has 2 aromatic carbocycles. The normalized spacial score (nSPS) is 15.6. The van der Waals surface area contributed by atoms with E-state index in [9.17, 15) is 5.11 Å². The standard InChI is InChI=1S/C21H23N3O/c1-16-5-2-3-7-19(16)24-13-11-23(12-14-24)15-17-8-9-20(25)21-18(17)6-4-10-22-21/h2-10,25H,11-15H2,1H3. The summed E-state index contributed by atoms with van der Waals surface area (Å²) in [5.74, 6) is 0.253. The van der Waals surface area contributed by atoms with E-state index in [1.54, 1.807) is 12.3 Å². The van der Waals surface area contributed by atoms with Gasteiger partial charge in [-0.25, -0.2) is 0 Å². The lowest BCUT2D eigenvalue weighted by Gasteiger charge is -2.37. The lowest BCUT2D eigenvalue weighted by atomic mass is 10.1. The van der Waals surface area contributed by atoms with Crippen molar-refractivity contribution < 1.29 is 5.11 Å². The van der Waals surface area contributed by atoms with Crippen LogP contribution >= 0.6 is 0 Å². The van der Waals surface area contributed by atoms with Gasteiger partial charge in [-0.2, -0.15) is 0 Å². The van der Waals surface area contributed by atoms with Gasteiger partial charge >= 0.3 is 0 Å². The van der Waals surface area contributed by atoms with Crippen LogP contribution in [-0.4, -0.2) is 41.2 Å². The van der Waals surface area contributed by atoms with Gasteiger partial charge in [0.05, 0.1) is 0 Å². The predicted octanol–water partition coefficient (Wildman–Crippen LogP) is 3.57. The van der Waals surface area contributed by atoms with E-state index < -0.39 is 0 Å². The number of benzene rings is 2. The number of hydrogen-bond acceptors (Lipinski definition) is 4. The van der Waals surface area contributed by atoms with E-state index in [0.717, 1.165) is 38.1 Å². The lowest BCUT2D eigenvalue weighted by molar-refractivity contribution is 0.250. The lowest BCUT2D eigenvalue weighted by Crippen LogP contribution is -2.46. The third-order valence-corrected chi connectivity index (χ3v) is 5.06. The van der Waals surface area contributed by atoms with Crippen LogP contribution in [0.4, 0.5) is 5.69 Å². The van der Waals surface area contributed by atoms with E-state index in [4.69, 9.17) is 0 Å². The van der Waals surface area contributed by atoms with E-state index in [0.29, 0.717) is 5.52 Å². The Bertz CT molecular complexity index is 885. The van der Waals surface area contributed by atoms with Crippen molar-refractivity contribution in [3.05, 3.63) is 65.9 Å². The second-order valence-corrected chi connectivity index (χ2v) is 6.69. The molecule has 0 aliphatic carbocycles. The maximum atomic E-state index is 10.0. The summed E-state index contributed by atoms with van der Waals surface area (Å²) in [6.07, 6.45) is 1.73. The number of para-hydroxylation sites is 1. The Kier molecular flexibility index (Phi) is 4.28. The van der Waals surface area contributed by atoms with Crippen molar-refractivity contribution in [2.24, 2.45) is 0 Å². The monoisotopic (exact) mass is 333 g/mol. The number of pyridine rings is 1. The molecule has 0 atom stereocenters. The first-order valence-corrected chi connectivity index (χ1v) is 8.81. The Hall–Kier alpha value is -2.59. The summed E-state index contributed by atoms with van der Waals surface area (Å²) in [7, 11) is 0. The molecule has 4 heteroatoms. The van der Waals surface area contributed by atoms with Crippen molar-refractivity contribution in [3.63, 3.8) is 0 Å². The molecule has 1 saturated heterocycles. The van der Waals surface area contributed by atoms with Gasteiger partial charge in [-0.15, -0.1) is 0 Å². The first kappa shape index (κ1) is 15.9. The highest BCUT2D eigenvalue weighted by Crippen LogP contribution is 2.27. The summed E-state index contributed by atoms with van der Waals surface area (Å²) >= 11 is 0. The van der Waals surface area contributed by atoms with Gasteiger partial charge in [-0.05, 0) is 36.2 Å². The molecule has 1 fully saturated rings. The van der Waals surface area contributed by atoms with Crippen molar-refractivity contribution in [1.29, 1.82) is 0 Å². The molecule has 1 N–H and O–H groups in total. The van der Waals surface area contributed by atoms with Crippen LogP contribution in [-0.2, 0) is 6.54 Å². The fraction of sp³-hybridized carbons (Fsp3) is 0.286. The van der Waals surface area contributed by atoms with Crippen LogP contribution in [0.2, 0.25) is 0 Å². The fourth-order valence-electron chi connectivity index (χ4n) is 3.66. The summed E-state index contributed by atoms with van der Waals surface area (Å²) in [4.78, 5) is 9.27. The molecule has 0 radical (unpaired) electrons. The highest BCUT2D eigenvalue weighted by molar-refractivity contribution is 5.87. The molecule has 0 spiro atoms. The highest BCUT2D eigenvalue weighted by Gasteiger charge is 2.19. The largest absolute Gasteiger partial charge is 0.506 e. The highest BCUT2D eigenvalue weighted by atomic mass is 16.3. The second-order valence-electron chi connectivity index (χ2n) is 6.69. The first-order valence-electron chi connectivity index (χ1n) is 8.81. The van der Waals surface area contributed by atoms with Crippen LogP contribution in [0.3, 0.4) is 0 Å². The van der Waals surface area contributed by atoms with Crippen LogP contribution < -0.4 is 4.90 Å². The predicted molar refractivity (Wildman–Crippen MR) is 102 cm³/mol. The van der Waals surface area contributed by atoms with Crippen molar-refractivity contribution in [2.45, 2.75) is 13.5 Å². The number of rotatable bonds is 3. The molecule has 4 rings (SSSR count). The van der Waals surface area contributed by atoms with Gasteiger partial charge in [0.25, 0.3) is 0 Å². The average molecular weight is 333 g/mol. The summed E-state index contributed by atoms with van der Waals surface area (Å²) in [5.41, 5.74) is 4.61. The Labute approximate surface area is 148 Å². The molecule has 0 bridgehead atoms. The van der Waals surface area contributed by atoms with Crippen molar-refractivity contribution in [2.75, 3.05) is 31.1 Å². The number of nitrogens with zero attached hydrogens (tertiary/aromatic N) is 3. The fourth-order valence-corrected chi connectivity index (χ4v) is 3.66. The zero-order valence-electron chi connectivity index (χ0n) is 14.5. The number of hydrogen-bond donors (Lipinski definition) is 1. The van der Waals surface area contributed by atoms with E-state index in [-0.39, 0.29) is 5.75 Å². The molecule has 0 saturated carbocycles. The number of phenolic OH excluding ortho intramolecular Hbond substituents is 1. The van der Waals surface area contributed by atoms with Crippen LogP contribution in [0.1, 0.15) is 11.1 Å². The summed E-state index contributed by atoms with van der Waals surface area (Å²) in [5, 5.41) is 11.1. The Balaban J connectivity index is 1.48. The number of aromatic nitrogens is 1. The van der Waals surface area contributed by atoms with Gasteiger partial charge in [-0.1, -0.05) is 30.3 Å². The number of phenols is 1. The number of aryl methyl sites for hydroxylation is 1. The Morgan fingerprint density at radius 1 is 0.960 bits per heavy atom. The minimum absolute atomic E-state index is 0.253. The van der Waals surface area contributed by atoms with Crippen LogP contribution in [0.5, 0.6) is 5.75 Å². The van der Waals surface area contributed by atoms with E-state index in [2.05, 4.69) is 46.0 Å². The molecule has 0 amide bonds. The zero-order valence-corrected chi connectivity index (χ0v) is 14.5. The second kappa shape index (κ2) is 6.73. The van der Waals surface area contributed by atoms with Crippen molar-refractivity contribution in [3.8, 4) is 5.75 Å². The van der Waals surface area contributed by atoms with Gasteiger partial charge in [-0.3, -0.25) is 9.88 Å². The summed E-state index contributed by atoms with van der Waals surface area (Å²) in [6, 6.07) is 16.4. The average Bonchev–Trinajstić information content (AvgIpc) is 2.65. The molecule has 1 aliphatic rings. The van der Waals surface area contributed by atoms with Crippen molar-refractivity contribution >= 4 is 16.6 Å². The van der Waals surface area contributed by atoms with Gasteiger partial charge in [0.2, 0.25) is 0 Å².